The maximum absolute atomic E-state index is 12.5. The fourth-order valence-corrected chi connectivity index (χ4v) is 3.13. The van der Waals surface area contributed by atoms with Gasteiger partial charge in [0.2, 0.25) is 0 Å². The Labute approximate surface area is 152 Å². The van der Waals surface area contributed by atoms with Crippen molar-refractivity contribution in [3.05, 3.63) is 46.9 Å². The molecule has 1 aliphatic rings. The second kappa shape index (κ2) is 7.70. The molecule has 0 saturated carbocycles. The molecule has 1 saturated heterocycles. The van der Waals surface area contributed by atoms with E-state index in [2.05, 4.69) is 9.97 Å². The Bertz CT molecular complexity index is 762. The van der Waals surface area contributed by atoms with Crippen molar-refractivity contribution >= 4 is 23.3 Å². The molecule has 1 aromatic heterocycles. The number of anilines is 1. The SMILES string of the molecule is COc1ccc(Cl)cc1CN(C)c1cncc(C(=O)N2CCCC2)n1. The molecular weight excluding hydrogens is 340 g/mol. The topological polar surface area (TPSA) is 58.6 Å². The van der Waals surface area contributed by atoms with Crippen LogP contribution in [0.1, 0.15) is 28.9 Å². The van der Waals surface area contributed by atoms with Crippen LogP contribution in [0.25, 0.3) is 0 Å². The minimum atomic E-state index is -0.0550. The number of methoxy groups -OCH3 is 1. The molecule has 3 rings (SSSR count). The molecule has 0 atom stereocenters. The summed E-state index contributed by atoms with van der Waals surface area (Å²) in [5.74, 6) is 1.33. The molecule has 1 aromatic carbocycles. The van der Waals surface area contributed by atoms with Gasteiger partial charge in [0.25, 0.3) is 5.91 Å². The van der Waals surface area contributed by atoms with Gasteiger partial charge in [0.15, 0.2) is 0 Å². The van der Waals surface area contributed by atoms with Gasteiger partial charge in [-0.15, -0.1) is 0 Å². The third-order valence-electron chi connectivity index (χ3n) is 4.28. The summed E-state index contributed by atoms with van der Waals surface area (Å²) in [5, 5.41) is 0.647. The average Bonchev–Trinajstić information content (AvgIpc) is 3.16. The van der Waals surface area contributed by atoms with E-state index in [4.69, 9.17) is 16.3 Å². The van der Waals surface area contributed by atoms with Crippen LogP contribution in [0, 0.1) is 0 Å². The van der Waals surface area contributed by atoms with Crippen LogP contribution in [0.3, 0.4) is 0 Å². The first kappa shape index (κ1) is 17.5. The largest absolute Gasteiger partial charge is 0.496 e. The molecule has 25 heavy (non-hydrogen) atoms. The minimum Gasteiger partial charge on any atom is -0.496 e. The number of carbonyl (C=O) groups excluding carboxylic acids is 1. The van der Waals surface area contributed by atoms with Gasteiger partial charge in [-0.2, -0.15) is 0 Å². The van der Waals surface area contributed by atoms with Crippen molar-refractivity contribution in [2.75, 3.05) is 32.1 Å². The highest BCUT2D eigenvalue weighted by molar-refractivity contribution is 6.30. The number of nitrogens with zero attached hydrogens (tertiary/aromatic N) is 4. The molecule has 0 bridgehead atoms. The summed E-state index contributed by atoms with van der Waals surface area (Å²) in [5.41, 5.74) is 1.32. The highest BCUT2D eigenvalue weighted by Gasteiger charge is 2.21. The summed E-state index contributed by atoms with van der Waals surface area (Å²) >= 11 is 6.09. The molecule has 7 heteroatoms. The van der Waals surface area contributed by atoms with Crippen LogP contribution in [-0.2, 0) is 6.54 Å². The van der Waals surface area contributed by atoms with Crippen LogP contribution in [-0.4, -0.2) is 48.0 Å². The van der Waals surface area contributed by atoms with Crippen molar-refractivity contribution in [1.82, 2.24) is 14.9 Å². The number of amides is 1. The van der Waals surface area contributed by atoms with Crippen LogP contribution in [0.15, 0.2) is 30.6 Å². The van der Waals surface area contributed by atoms with E-state index in [1.807, 2.05) is 29.0 Å². The normalized spacial score (nSPS) is 13.8. The highest BCUT2D eigenvalue weighted by atomic mass is 35.5. The van der Waals surface area contributed by atoms with Crippen molar-refractivity contribution in [3.63, 3.8) is 0 Å². The molecule has 2 heterocycles. The summed E-state index contributed by atoms with van der Waals surface area (Å²) in [6, 6.07) is 5.49. The van der Waals surface area contributed by atoms with Gasteiger partial charge < -0.3 is 14.5 Å². The Morgan fingerprint density at radius 3 is 2.80 bits per heavy atom. The van der Waals surface area contributed by atoms with E-state index in [9.17, 15) is 4.79 Å². The van der Waals surface area contributed by atoms with Crippen molar-refractivity contribution in [3.8, 4) is 5.75 Å². The fraction of sp³-hybridized carbons (Fsp3) is 0.389. The van der Waals surface area contributed by atoms with E-state index < -0.39 is 0 Å². The van der Waals surface area contributed by atoms with E-state index in [1.165, 1.54) is 6.20 Å². The van der Waals surface area contributed by atoms with E-state index in [0.29, 0.717) is 23.1 Å². The van der Waals surface area contributed by atoms with Gasteiger partial charge in [0.05, 0.1) is 19.5 Å². The molecule has 0 unspecified atom stereocenters. The number of hydrogen-bond donors (Lipinski definition) is 0. The maximum Gasteiger partial charge on any atom is 0.274 e. The average molecular weight is 361 g/mol. The van der Waals surface area contributed by atoms with Crippen molar-refractivity contribution in [2.24, 2.45) is 0 Å². The molecular formula is C18H21ClN4O2. The number of hydrogen-bond acceptors (Lipinski definition) is 5. The minimum absolute atomic E-state index is 0.0550. The Balaban J connectivity index is 1.78. The van der Waals surface area contributed by atoms with Gasteiger partial charge in [-0.05, 0) is 31.0 Å². The van der Waals surface area contributed by atoms with Crippen molar-refractivity contribution in [2.45, 2.75) is 19.4 Å². The number of carbonyl (C=O) groups is 1. The lowest BCUT2D eigenvalue weighted by molar-refractivity contribution is 0.0786. The lowest BCUT2D eigenvalue weighted by Crippen LogP contribution is -2.29. The van der Waals surface area contributed by atoms with Gasteiger partial charge in [-0.3, -0.25) is 9.78 Å². The Morgan fingerprint density at radius 2 is 2.08 bits per heavy atom. The summed E-state index contributed by atoms with van der Waals surface area (Å²) in [6.07, 6.45) is 5.27. The molecule has 1 fully saturated rings. The molecule has 1 aliphatic heterocycles. The monoisotopic (exact) mass is 360 g/mol. The first-order valence-electron chi connectivity index (χ1n) is 8.23. The standard InChI is InChI=1S/C18H21ClN4O2/c1-22(12-13-9-14(19)5-6-16(13)25-2)17-11-20-10-15(21-17)18(24)23-7-3-4-8-23/h5-6,9-11H,3-4,7-8,12H2,1-2H3. The number of benzene rings is 1. The summed E-state index contributed by atoms with van der Waals surface area (Å²) in [6.45, 7) is 2.13. The lowest BCUT2D eigenvalue weighted by Gasteiger charge is -2.21. The van der Waals surface area contributed by atoms with Gasteiger partial charge in [0.1, 0.15) is 17.3 Å². The zero-order valence-electron chi connectivity index (χ0n) is 14.4. The van der Waals surface area contributed by atoms with E-state index >= 15 is 0 Å². The quantitative estimate of drug-likeness (QED) is 0.820. The molecule has 132 valence electrons. The van der Waals surface area contributed by atoms with Crippen LogP contribution in [0.4, 0.5) is 5.82 Å². The number of ether oxygens (including phenoxy) is 1. The summed E-state index contributed by atoms with van der Waals surface area (Å²) in [7, 11) is 3.52. The third-order valence-corrected chi connectivity index (χ3v) is 4.51. The zero-order chi connectivity index (χ0) is 17.8. The molecule has 0 spiro atoms. The van der Waals surface area contributed by atoms with Gasteiger partial charge in [-0.25, -0.2) is 4.98 Å². The first-order valence-corrected chi connectivity index (χ1v) is 8.61. The van der Waals surface area contributed by atoms with Crippen LogP contribution < -0.4 is 9.64 Å². The van der Waals surface area contributed by atoms with Crippen molar-refractivity contribution in [1.29, 1.82) is 0 Å². The Kier molecular flexibility index (Phi) is 5.38. The predicted octanol–water partition coefficient (Wildman–Crippen LogP) is 3.01. The first-order chi connectivity index (χ1) is 12.1. The third kappa shape index (κ3) is 4.02. The second-order valence-electron chi connectivity index (χ2n) is 6.07. The maximum atomic E-state index is 12.5. The molecule has 2 aromatic rings. The summed E-state index contributed by atoms with van der Waals surface area (Å²) in [4.78, 5) is 24.9. The van der Waals surface area contributed by atoms with Crippen LogP contribution in [0.2, 0.25) is 5.02 Å². The lowest BCUT2D eigenvalue weighted by atomic mass is 10.2. The number of aromatic nitrogens is 2. The van der Waals surface area contributed by atoms with Crippen LogP contribution >= 0.6 is 11.6 Å². The van der Waals surface area contributed by atoms with Gasteiger partial charge >= 0.3 is 0 Å². The molecule has 1 amide bonds. The molecule has 0 aliphatic carbocycles. The molecule has 0 N–H and O–H groups in total. The number of rotatable bonds is 5. The van der Waals surface area contributed by atoms with E-state index in [-0.39, 0.29) is 5.91 Å². The smallest absolute Gasteiger partial charge is 0.274 e. The number of likely N-dealkylation sites (tertiary alicyclic amines) is 1. The fourth-order valence-electron chi connectivity index (χ4n) is 2.93. The second-order valence-corrected chi connectivity index (χ2v) is 6.51. The van der Waals surface area contributed by atoms with E-state index in [1.54, 1.807) is 19.4 Å². The van der Waals surface area contributed by atoms with Gasteiger partial charge in [0, 0.05) is 37.3 Å². The Morgan fingerprint density at radius 1 is 1.32 bits per heavy atom. The Hall–Kier alpha value is -2.34. The summed E-state index contributed by atoms with van der Waals surface area (Å²) < 4.78 is 5.38. The van der Waals surface area contributed by atoms with Crippen LogP contribution in [0.5, 0.6) is 5.75 Å². The van der Waals surface area contributed by atoms with Gasteiger partial charge in [-0.1, -0.05) is 11.6 Å². The molecule has 6 nitrogen and oxygen atoms in total. The molecule has 0 radical (unpaired) electrons. The van der Waals surface area contributed by atoms with Crippen molar-refractivity contribution < 1.29 is 9.53 Å². The predicted molar refractivity (Wildman–Crippen MR) is 97.3 cm³/mol. The highest BCUT2D eigenvalue weighted by Crippen LogP contribution is 2.25. The zero-order valence-corrected chi connectivity index (χ0v) is 15.2. The van der Waals surface area contributed by atoms with E-state index in [0.717, 1.165) is 37.2 Å². The number of halogens is 1.